The van der Waals surface area contributed by atoms with E-state index in [9.17, 15) is 0 Å². The Morgan fingerprint density at radius 2 is 0.988 bits per heavy atom. The molecule has 14 aromatic rings. The fraction of sp³-hybridized carbons (Fsp3) is 0.0864. The molecule has 3 nitrogen and oxygen atoms in total. The summed E-state index contributed by atoms with van der Waals surface area (Å²) in [5, 5.41) is 12.7. The third kappa shape index (κ3) is 7.13. The van der Waals surface area contributed by atoms with Crippen LogP contribution in [0, 0.1) is 0 Å². The molecule has 0 bridgehead atoms. The SMILES string of the molecule is C=Cc1ccc2c(c1)-c1ccc(Nc3cccc4oc5c(-c6ccc7c(c6)-c6ccc(Nc8cc9c(c(-c%10cccc%11sc%12ccccc%12c%10%11)c8)C(C)(C)c8ccccc8-9)cc6C7(C)C)cccc5c34)cc1C2(c1ccccc1)c1ccccc1. The molecule has 85 heavy (non-hydrogen) atoms. The zero-order valence-electron chi connectivity index (χ0n) is 47.8. The van der Waals surface area contributed by atoms with Gasteiger partial charge in [-0.3, -0.25) is 0 Å². The maximum Gasteiger partial charge on any atom is 0.143 e. The minimum Gasteiger partial charge on any atom is -0.455 e. The van der Waals surface area contributed by atoms with E-state index in [1.54, 1.807) is 0 Å². The van der Waals surface area contributed by atoms with Crippen LogP contribution in [0.1, 0.15) is 77.8 Å². The molecule has 0 saturated carbocycles. The van der Waals surface area contributed by atoms with Crippen molar-refractivity contribution in [2.24, 2.45) is 0 Å². The van der Waals surface area contributed by atoms with Gasteiger partial charge >= 0.3 is 0 Å². The van der Waals surface area contributed by atoms with Gasteiger partial charge in [0.25, 0.3) is 0 Å². The Kier molecular flexibility index (Phi) is 10.6. The minimum absolute atomic E-state index is 0.179. The smallest absolute Gasteiger partial charge is 0.143 e. The van der Waals surface area contributed by atoms with E-state index >= 15 is 0 Å². The lowest BCUT2D eigenvalue weighted by molar-refractivity contribution is 0.660. The highest BCUT2D eigenvalue weighted by molar-refractivity contribution is 7.26. The zero-order chi connectivity index (χ0) is 56.9. The standard InChI is InChI=1S/C81H58N2OS/c1-6-48-34-40-68-62(42-48)58-39-37-53(47-70(58)81(68,50-20-9-7-10-21-50)51-22-11-8-12-23-51)83-71-30-19-31-72-76(71)61-28-17-26-55(78(61)84-72)49-35-41-67-63(43-49)57-38-36-52(46-69(57)79(67,2)3)82-54-44-64-56-24-13-15-29-66(56)80(4,5)77(64)65(45-54)59-27-18-33-74-75(59)60-25-14-16-32-73(60)85-74/h6-47,82-83H,1H2,2-5H3. The fourth-order valence-corrected chi connectivity index (χ4v) is 16.6. The molecular formula is C81H58N2OS. The van der Waals surface area contributed by atoms with Crippen molar-refractivity contribution in [1.29, 1.82) is 0 Å². The van der Waals surface area contributed by atoms with E-state index in [0.29, 0.717) is 0 Å². The predicted octanol–water partition coefficient (Wildman–Crippen LogP) is 22.4. The van der Waals surface area contributed by atoms with Crippen LogP contribution < -0.4 is 10.6 Å². The fourth-order valence-electron chi connectivity index (χ4n) is 15.4. The number of hydrogen-bond donors (Lipinski definition) is 2. The van der Waals surface area contributed by atoms with Crippen LogP contribution in [0.25, 0.3) is 104 Å². The molecule has 17 rings (SSSR count). The molecule has 0 radical (unpaired) electrons. The average molecular weight is 1110 g/mol. The highest BCUT2D eigenvalue weighted by Gasteiger charge is 2.47. The summed E-state index contributed by atoms with van der Waals surface area (Å²) in [7, 11) is 0. The first-order valence-corrected chi connectivity index (χ1v) is 30.4. The zero-order valence-corrected chi connectivity index (χ0v) is 48.6. The van der Waals surface area contributed by atoms with Crippen molar-refractivity contribution in [1.82, 2.24) is 0 Å². The van der Waals surface area contributed by atoms with Crippen molar-refractivity contribution in [3.8, 4) is 55.6 Å². The van der Waals surface area contributed by atoms with Crippen molar-refractivity contribution in [2.45, 2.75) is 43.9 Å². The first kappa shape index (κ1) is 49.6. The molecule has 404 valence electrons. The van der Waals surface area contributed by atoms with Crippen LogP contribution >= 0.6 is 11.3 Å². The summed E-state index contributed by atoms with van der Waals surface area (Å²) in [6, 6.07) is 92.2. The second kappa shape index (κ2) is 18.2. The molecule has 2 heterocycles. The largest absolute Gasteiger partial charge is 0.455 e. The molecule has 0 fully saturated rings. The van der Waals surface area contributed by atoms with Crippen LogP contribution in [0.15, 0.2) is 260 Å². The lowest BCUT2D eigenvalue weighted by atomic mass is 9.67. The van der Waals surface area contributed by atoms with Gasteiger partial charge in [0, 0.05) is 59.0 Å². The van der Waals surface area contributed by atoms with Crippen molar-refractivity contribution < 1.29 is 4.42 Å². The van der Waals surface area contributed by atoms with Crippen LogP contribution in [-0.2, 0) is 16.2 Å². The van der Waals surface area contributed by atoms with Gasteiger partial charge in [-0.15, -0.1) is 11.3 Å². The number of hydrogen-bond acceptors (Lipinski definition) is 4. The van der Waals surface area contributed by atoms with E-state index in [1.165, 1.54) is 109 Å². The number of fused-ring (bicyclic) bond motifs is 15. The van der Waals surface area contributed by atoms with Crippen LogP contribution in [0.4, 0.5) is 22.7 Å². The van der Waals surface area contributed by atoms with E-state index in [1.807, 2.05) is 17.4 Å². The first-order valence-electron chi connectivity index (χ1n) is 29.6. The molecule has 0 spiro atoms. The van der Waals surface area contributed by atoms with Crippen molar-refractivity contribution in [2.75, 3.05) is 10.6 Å². The summed E-state index contributed by atoms with van der Waals surface area (Å²) in [6.07, 6.45) is 1.94. The van der Waals surface area contributed by atoms with Gasteiger partial charge < -0.3 is 15.1 Å². The van der Waals surface area contributed by atoms with Gasteiger partial charge in [-0.2, -0.15) is 0 Å². The van der Waals surface area contributed by atoms with Crippen molar-refractivity contribution in [3.63, 3.8) is 0 Å². The number of furan rings is 1. The van der Waals surface area contributed by atoms with Crippen molar-refractivity contribution in [3.05, 3.63) is 305 Å². The number of rotatable bonds is 9. The number of para-hydroxylation sites is 1. The van der Waals surface area contributed by atoms with Gasteiger partial charge in [-0.1, -0.05) is 216 Å². The van der Waals surface area contributed by atoms with Gasteiger partial charge in [0.05, 0.1) is 16.5 Å². The van der Waals surface area contributed by atoms with Gasteiger partial charge in [0.2, 0.25) is 0 Å². The molecule has 3 aliphatic carbocycles. The monoisotopic (exact) mass is 1110 g/mol. The number of thiophene rings is 1. The summed E-state index contributed by atoms with van der Waals surface area (Å²) in [5.41, 5.74) is 28.8. The summed E-state index contributed by atoms with van der Waals surface area (Å²) < 4.78 is 9.61. The second-order valence-electron chi connectivity index (χ2n) is 24.5. The third-order valence-corrected chi connectivity index (χ3v) is 20.4. The number of nitrogens with one attached hydrogen (secondary N) is 2. The molecular weight excluding hydrogens is 1050 g/mol. The summed E-state index contributed by atoms with van der Waals surface area (Å²) >= 11 is 1.88. The third-order valence-electron chi connectivity index (χ3n) is 19.2. The molecule has 0 atom stereocenters. The Morgan fingerprint density at radius 3 is 1.79 bits per heavy atom. The number of anilines is 4. The molecule has 2 N–H and O–H groups in total. The van der Waals surface area contributed by atoms with Crippen LogP contribution in [0.3, 0.4) is 0 Å². The molecule has 12 aromatic carbocycles. The Bertz CT molecular complexity index is 5110. The Hall–Kier alpha value is -10.0. The Morgan fingerprint density at radius 1 is 0.388 bits per heavy atom. The minimum atomic E-state index is -0.533. The normalized spacial score (nSPS) is 14.4. The summed E-state index contributed by atoms with van der Waals surface area (Å²) in [5.74, 6) is 0. The molecule has 0 amide bonds. The van der Waals surface area contributed by atoms with Gasteiger partial charge in [-0.05, 0) is 173 Å². The van der Waals surface area contributed by atoms with Gasteiger partial charge in [0.15, 0.2) is 0 Å². The molecule has 0 unspecified atom stereocenters. The van der Waals surface area contributed by atoms with Gasteiger partial charge in [-0.25, -0.2) is 0 Å². The maximum atomic E-state index is 6.98. The molecule has 0 saturated heterocycles. The van der Waals surface area contributed by atoms with E-state index in [2.05, 4.69) is 294 Å². The second-order valence-corrected chi connectivity index (χ2v) is 25.6. The summed E-state index contributed by atoms with van der Waals surface area (Å²) in [4.78, 5) is 0. The van der Waals surface area contributed by atoms with E-state index < -0.39 is 5.41 Å². The maximum absolute atomic E-state index is 6.98. The predicted molar refractivity (Wildman–Crippen MR) is 359 cm³/mol. The Balaban J connectivity index is 0.733. The Labute approximate surface area is 499 Å². The van der Waals surface area contributed by atoms with Crippen LogP contribution in [0.2, 0.25) is 0 Å². The quantitative estimate of drug-likeness (QED) is 0.151. The van der Waals surface area contributed by atoms with Crippen LogP contribution in [-0.4, -0.2) is 0 Å². The lowest BCUT2D eigenvalue weighted by Crippen LogP contribution is -2.28. The number of benzene rings is 12. The first-order chi connectivity index (χ1) is 41.6. The van der Waals surface area contributed by atoms with E-state index in [0.717, 1.165) is 61.4 Å². The molecule has 4 heteroatoms. The van der Waals surface area contributed by atoms with E-state index in [4.69, 9.17) is 4.42 Å². The lowest BCUT2D eigenvalue weighted by Gasteiger charge is -2.34. The summed E-state index contributed by atoms with van der Waals surface area (Å²) in [6.45, 7) is 13.7. The van der Waals surface area contributed by atoms with E-state index in [-0.39, 0.29) is 10.8 Å². The highest BCUT2D eigenvalue weighted by Crippen LogP contribution is 2.59. The molecule has 0 aliphatic heterocycles. The molecule has 2 aromatic heterocycles. The van der Waals surface area contributed by atoms with Crippen molar-refractivity contribution >= 4 is 82.3 Å². The highest BCUT2D eigenvalue weighted by atomic mass is 32.1. The topological polar surface area (TPSA) is 37.2 Å². The average Bonchev–Trinajstić information content (AvgIpc) is 2.36. The molecule has 3 aliphatic rings. The van der Waals surface area contributed by atoms with Gasteiger partial charge in [0.1, 0.15) is 11.2 Å². The van der Waals surface area contributed by atoms with Crippen LogP contribution in [0.5, 0.6) is 0 Å².